The van der Waals surface area contributed by atoms with Crippen LogP contribution in [0.2, 0.25) is 0 Å². The van der Waals surface area contributed by atoms with Crippen molar-refractivity contribution in [2.75, 3.05) is 34.5 Å². The Morgan fingerprint density at radius 3 is 2.23 bits per heavy atom. The second kappa shape index (κ2) is 19.2. The Hall–Kier alpha value is -7.00. The van der Waals surface area contributed by atoms with Gasteiger partial charge < -0.3 is 44.6 Å². The summed E-state index contributed by atoms with van der Waals surface area (Å²) in [7, 11) is 4.23. The molecule has 0 saturated carbocycles. The summed E-state index contributed by atoms with van der Waals surface area (Å²) in [6, 6.07) is 21.1. The molecular weight excluding hydrogens is 837 g/mol. The molecule has 2 saturated heterocycles. The van der Waals surface area contributed by atoms with E-state index < -0.39 is 24.3 Å². The lowest BCUT2D eigenvalue weighted by Crippen LogP contribution is -2.51. The van der Waals surface area contributed by atoms with Gasteiger partial charge >= 0.3 is 12.2 Å². The van der Waals surface area contributed by atoms with Crippen LogP contribution >= 0.6 is 0 Å². The lowest BCUT2D eigenvalue weighted by Gasteiger charge is -2.31. The zero-order chi connectivity index (χ0) is 46.8. The number of nitrogens with zero attached hydrogens (tertiary/aromatic N) is 4. The van der Waals surface area contributed by atoms with E-state index in [4.69, 9.17) is 24.2 Å². The number of rotatable bonds is 12. The molecule has 6 atom stereocenters. The van der Waals surface area contributed by atoms with Gasteiger partial charge in [0, 0.05) is 36.2 Å². The fraction of sp³-hybridized carbons (Fsp3) is 0.373. The van der Waals surface area contributed by atoms with Crippen molar-refractivity contribution in [1.29, 1.82) is 0 Å². The molecule has 0 bridgehead atoms. The van der Waals surface area contributed by atoms with Crippen molar-refractivity contribution in [3.63, 3.8) is 0 Å². The quantitative estimate of drug-likeness (QED) is 0.101. The van der Waals surface area contributed by atoms with Crippen molar-refractivity contribution in [1.82, 2.24) is 40.4 Å². The van der Waals surface area contributed by atoms with Crippen molar-refractivity contribution in [2.45, 2.75) is 77.2 Å². The highest BCUT2D eigenvalue weighted by molar-refractivity contribution is 6.06. The average Bonchev–Trinajstić information content (AvgIpc) is 4.14. The highest BCUT2D eigenvalue weighted by Crippen LogP contribution is 2.39. The Bertz CT molecular complexity index is 2940. The fourth-order valence-electron chi connectivity index (χ4n) is 9.71. The zero-order valence-electron chi connectivity index (χ0n) is 38.5. The number of H-pyrrole nitrogens is 2. The van der Waals surface area contributed by atoms with E-state index in [-0.39, 0.29) is 41.8 Å². The Labute approximate surface area is 383 Å². The number of imidazole rings is 2. The van der Waals surface area contributed by atoms with Crippen molar-refractivity contribution in [3.8, 4) is 0 Å². The summed E-state index contributed by atoms with van der Waals surface area (Å²) in [4.78, 5) is 74.0. The van der Waals surface area contributed by atoms with Crippen LogP contribution in [0.1, 0.15) is 87.9 Å². The summed E-state index contributed by atoms with van der Waals surface area (Å²) in [5.41, 5.74) is 5.72. The third-order valence-corrected chi connectivity index (χ3v) is 13.1. The van der Waals surface area contributed by atoms with Gasteiger partial charge in [0.2, 0.25) is 5.91 Å². The Morgan fingerprint density at radius 1 is 0.848 bits per heavy atom. The first kappa shape index (κ1) is 45.6. The highest BCUT2D eigenvalue weighted by Gasteiger charge is 2.43. The third-order valence-electron chi connectivity index (χ3n) is 13.1. The maximum atomic E-state index is 14.3. The maximum absolute atomic E-state index is 14.3. The number of nitrogens with one attached hydrogen (secondary N) is 4. The lowest BCUT2D eigenvalue weighted by atomic mass is 10.00. The number of hydrogen-bond donors (Lipinski definition) is 4. The van der Waals surface area contributed by atoms with E-state index in [1.165, 1.54) is 14.2 Å². The number of ether oxygens (including phenoxy) is 3. The third kappa shape index (κ3) is 8.86. The average molecular weight is 895 g/mol. The first-order valence-corrected chi connectivity index (χ1v) is 22.5. The normalized spacial score (nSPS) is 20.1. The van der Waals surface area contributed by atoms with Gasteiger partial charge in [-0.2, -0.15) is 0 Å². The zero-order valence-corrected chi connectivity index (χ0v) is 38.5. The molecule has 2 aromatic heterocycles. The second-order valence-corrected chi connectivity index (χ2v) is 17.7. The number of hydrogen-bond acceptors (Lipinski definition) is 9. The van der Waals surface area contributed by atoms with Crippen molar-refractivity contribution >= 4 is 74.6 Å². The first-order chi connectivity index (χ1) is 31.8. The fourth-order valence-corrected chi connectivity index (χ4v) is 9.71. The molecule has 15 heteroatoms. The highest BCUT2D eigenvalue weighted by atomic mass is 16.5. The molecule has 2 unspecified atom stereocenters. The monoisotopic (exact) mass is 894 g/mol. The van der Waals surface area contributed by atoms with Gasteiger partial charge in [0.1, 0.15) is 23.7 Å². The predicted molar refractivity (Wildman–Crippen MR) is 254 cm³/mol. The van der Waals surface area contributed by atoms with Gasteiger partial charge in [-0.3, -0.25) is 9.59 Å². The minimum atomic E-state index is -0.920. The molecule has 6 aromatic rings. The number of aromatic amines is 2. The van der Waals surface area contributed by atoms with Gasteiger partial charge in [-0.25, -0.2) is 19.6 Å². The maximum Gasteiger partial charge on any atom is 0.407 e. The van der Waals surface area contributed by atoms with Crippen molar-refractivity contribution < 1.29 is 33.4 Å². The molecule has 2 fully saturated rings. The molecular formula is C51H58N8O7. The van der Waals surface area contributed by atoms with Gasteiger partial charge in [0.15, 0.2) is 0 Å². The molecule has 66 heavy (non-hydrogen) atoms. The topological polar surface area (TPSA) is 184 Å². The smallest absolute Gasteiger partial charge is 0.407 e. The Kier molecular flexibility index (Phi) is 13.3. The van der Waals surface area contributed by atoms with Gasteiger partial charge in [0.05, 0.1) is 55.0 Å². The summed E-state index contributed by atoms with van der Waals surface area (Å²) >= 11 is 0. The molecule has 0 radical (unpaired) electrons. The summed E-state index contributed by atoms with van der Waals surface area (Å²) < 4.78 is 15.2. The van der Waals surface area contributed by atoms with E-state index in [1.54, 1.807) is 7.11 Å². The standard InChI is InChI=1S/C51H58N8O7/c1-9-36-34(17-20-38-44(36)54-47(53-38)41-24-31(27-64-6)26-58(41)48(60)42(28(2)3)56-50(62)65-7)23-29(4)33-16-19-37-35(25-33)18-21-39-45(37)55-46(52-39)40-22-15-30(5)59(40)49(61)43(57-51(63)66-8)32-13-11-10-12-14-32/h9-14,16-21,23,25,28,30-31,40-43H,4,15,22,24,26-27H2,1-3,5-8H3,(H,52,55)(H,53,54)(H,56,62)(H,57,63)/b34-23-,36-9+/t30?,31-,40-,41-,42-,43?/m0/s1. The molecule has 4 aromatic carbocycles. The van der Waals surface area contributed by atoms with Crippen LogP contribution in [0.5, 0.6) is 0 Å². The number of amides is 4. The summed E-state index contributed by atoms with van der Waals surface area (Å²) in [6.45, 7) is 13.2. The number of allylic oxidation sites excluding steroid dienone is 1. The number of carbonyl (C=O) groups is 4. The molecule has 344 valence electrons. The molecule has 8 rings (SSSR count). The van der Waals surface area contributed by atoms with Crippen LogP contribution in [-0.2, 0) is 23.8 Å². The number of aromatic nitrogens is 4. The van der Waals surface area contributed by atoms with Crippen LogP contribution in [0.4, 0.5) is 9.59 Å². The van der Waals surface area contributed by atoms with E-state index in [0.717, 1.165) is 67.3 Å². The first-order valence-electron chi connectivity index (χ1n) is 22.5. The van der Waals surface area contributed by atoms with E-state index in [0.29, 0.717) is 36.8 Å². The van der Waals surface area contributed by atoms with Gasteiger partial charge in [0.25, 0.3) is 5.91 Å². The lowest BCUT2D eigenvalue weighted by molar-refractivity contribution is -0.137. The SMILES string of the molecule is C=C(/C=c1/ccc2[nH]c([C@@H]3C[C@H](COC)CN3C(=O)[C@@H](NC(=O)OC)C(C)C)nc2/c1=C/C)c1ccc2c(ccc3[nH]c([C@@H]4CCC(C)N4C(=O)C(NC(=O)OC)c4ccccc4)nc32)c1. The van der Waals surface area contributed by atoms with Gasteiger partial charge in [-0.05, 0) is 90.6 Å². The van der Waals surface area contributed by atoms with Crippen molar-refractivity contribution in [3.05, 3.63) is 113 Å². The largest absolute Gasteiger partial charge is 0.453 e. The second-order valence-electron chi connectivity index (χ2n) is 17.7. The molecule has 0 aliphatic carbocycles. The Balaban J connectivity index is 1.07. The van der Waals surface area contributed by atoms with Crippen LogP contribution < -0.4 is 21.1 Å². The molecule has 2 aliphatic rings. The number of methoxy groups -OCH3 is 3. The van der Waals surface area contributed by atoms with Crippen LogP contribution in [-0.4, -0.2) is 100 Å². The van der Waals surface area contributed by atoms with Gasteiger partial charge in [-0.15, -0.1) is 0 Å². The molecule has 0 spiro atoms. The van der Waals surface area contributed by atoms with E-state index in [9.17, 15) is 19.2 Å². The predicted octanol–water partition coefficient (Wildman–Crippen LogP) is 6.95. The van der Waals surface area contributed by atoms with E-state index in [1.807, 2.05) is 98.2 Å². The molecule has 2 aliphatic heterocycles. The minimum absolute atomic E-state index is 0.0763. The van der Waals surface area contributed by atoms with Crippen LogP contribution in [0.3, 0.4) is 0 Å². The van der Waals surface area contributed by atoms with Crippen LogP contribution in [0, 0.1) is 11.8 Å². The Morgan fingerprint density at radius 2 is 1.53 bits per heavy atom. The molecule has 15 nitrogen and oxygen atoms in total. The number of likely N-dealkylation sites (tertiary alicyclic amines) is 2. The van der Waals surface area contributed by atoms with Crippen LogP contribution in [0.15, 0.2) is 79.4 Å². The number of benzene rings is 4. The van der Waals surface area contributed by atoms with Crippen LogP contribution in [0.25, 0.3) is 50.6 Å². The molecule has 4 N–H and O–H groups in total. The summed E-state index contributed by atoms with van der Waals surface area (Å²) in [6.07, 6.45) is 4.92. The van der Waals surface area contributed by atoms with Gasteiger partial charge in [-0.1, -0.05) is 81.1 Å². The molecule has 4 amide bonds. The summed E-state index contributed by atoms with van der Waals surface area (Å²) in [5, 5.41) is 9.32. The van der Waals surface area contributed by atoms with E-state index >= 15 is 0 Å². The number of fused-ring (bicyclic) bond motifs is 4. The molecule has 4 heterocycles. The van der Waals surface area contributed by atoms with Crippen molar-refractivity contribution in [2.24, 2.45) is 11.8 Å². The van der Waals surface area contributed by atoms with E-state index in [2.05, 4.69) is 51.5 Å². The summed E-state index contributed by atoms with van der Waals surface area (Å²) in [5.74, 6) is 0.873. The number of carbonyl (C=O) groups excluding carboxylic acids is 4. The number of alkyl carbamates (subject to hydrolysis) is 2. The minimum Gasteiger partial charge on any atom is -0.453 e.